The zero-order valence-corrected chi connectivity index (χ0v) is 19.2. The lowest BCUT2D eigenvalue weighted by atomic mass is 10.1. The van der Waals surface area contributed by atoms with Crippen molar-refractivity contribution in [3.05, 3.63) is 101 Å². The number of nitrogens with one attached hydrogen (secondary N) is 1. The van der Waals surface area contributed by atoms with Crippen molar-refractivity contribution < 1.29 is 23.0 Å². The van der Waals surface area contributed by atoms with Crippen molar-refractivity contribution in [3.8, 4) is 22.1 Å². The van der Waals surface area contributed by atoms with Gasteiger partial charge in [0.1, 0.15) is 40.4 Å². The van der Waals surface area contributed by atoms with Crippen LogP contribution in [0.15, 0.2) is 72.1 Å². The first-order valence-corrected chi connectivity index (χ1v) is 11.4. The van der Waals surface area contributed by atoms with E-state index in [0.717, 1.165) is 22.9 Å². The standard InChI is InChI=1S/C26H22F2N2O3S/c1-32-21-8-2-17(3-9-21)12-13-29-25(31)24-16-34-26(30-24)18-5-10-22(11-6-18)33-15-19-4-7-20(27)14-23(19)28/h2-11,14,16H,12-13,15H2,1H3,(H,29,31). The van der Waals surface area contributed by atoms with Gasteiger partial charge in [0, 0.05) is 29.1 Å². The molecule has 0 aliphatic heterocycles. The monoisotopic (exact) mass is 480 g/mol. The molecule has 0 atom stereocenters. The lowest BCUT2D eigenvalue weighted by Gasteiger charge is -2.08. The molecule has 174 valence electrons. The summed E-state index contributed by atoms with van der Waals surface area (Å²) in [5.74, 6) is -0.157. The molecule has 0 radical (unpaired) electrons. The van der Waals surface area contributed by atoms with Crippen LogP contribution in [-0.2, 0) is 13.0 Å². The number of methoxy groups -OCH3 is 1. The quantitative estimate of drug-likeness (QED) is 0.336. The lowest BCUT2D eigenvalue weighted by Crippen LogP contribution is -2.25. The molecule has 0 aliphatic rings. The molecule has 4 aromatic rings. The molecule has 0 spiro atoms. The summed E-state index contributed by atoms with van der Waals surface area (Å²) in [5, 5.41) is 5.32. The fourth-order valence-electron chi connectivity index (χ4n) is 3.21. The molecule has 0 unspecified atom stereocenters. The van der Waals surface area contributed by atoms with Crippen molar-refractivity contribution in [1.29, 1.82) is 0 Å². The van der Waals surface area contributed by atoms with Gasteiger partial charge in [-0.1, -0.05) is 12.1 Å². The molecule has 8 heteroatoms. The number of thiazole rings is 1. The summed E-state index contributed by atoms with van der Waals surface area (Å²) in [4.78, 5) is 16.9. The second kappa shape index (κ2) is 10.9. The van der Waals surface area contributed by atoms with Crippen LogP contribution in [0.2, 0.25) is 0 Å². The van der Waals surface area contributed by atoms with E-state index < -0.39 is 11.6 Å². The molecule has 4 rings (SSSR count). The number of amides is 1. The van der Waals surface area contributed by atoms with Crippen LogP contribution in [0, 0.1) is 11.6 Å². The predicted molar refractivity (Wildman–Crippen MR) is 127 cm³/mol. The fraction of sp³-hybridized carbons (Fsp3) is 0.154. The van der Waals surface area contributed by atoms with Gasteiger partial charge in [-0.2, -0.15) is 0 Å². The Morgan fingerprint density at radius 1 is 1.00 bits per heavy atom. The average molecular weight is 481 g/mol. The number of hydrogen-bond acceptors (Lipinski definition) is 5. The first-order valence-electron chi connectivity index (χ1n) is 10.6. The molecule has 1 heterocycles. The molecule has 0 fully saturated rings. The highest BCUT2D eigenvalue weighted by atomic mass is 32.1. The van der Waals surface area contributed by atoms with Gasteiger partial charge in [0.15, 0.2) is 0 Å². The van der Waals surface area contributed by atoms with E-state index in [2.05, 4.69) is 10.3 Å². The van der Waals surface area contributed by atoms with Crippen molar-refractivity contribution in [2.45, 2.75) is 13.0 Å². The zero-order chi connectivity index (χ0) is 23.9. The Balaban J connectivity index is 1.29. The van der Waals surface area contributed by atoms with Gasteiger partial charge in [0.2, 0.25) is 0 Å². The van der Waals surface area contributed by atoms with Crippen LogP contribution in [0.5, 0.6) is 11.5 Å². The van der Waals surface area contributed by atoms with Gasteiger partial charge in [-0.15, -0.1) is 11.3 Å². The smallest absolute Gasteiger partial charge is 0.270 e. The number of benzene rings is 3. The van der Waals surface area contributed by atoms with Crippen LogP contribution in [0.25, 0.3) is 10.6 Å². The summed E-state index contributed by atoms with van der Waals surface area (Å²) in [6.45, 7) is 0.488. The molecule has 34 heavy (non-hydrogen) atoms. The molecule has 1 amide bonds. The number of hydrogen-bond donors (Lipinski definition) is 1. The Kier molecular flexibility index (Phi) is 7.49. The Bertz CT molecular complexity index is 1260. The highest BCUT2D eigenvalue weighted by Crippen LogP contribution is 2.26. The Morgan fingerprint density at radius 3 is 2.44 bits per heavy atom. The molecule has 1 aromatic heterocycles. The first-order chi connectivity index (χ1) is 16.5. The topological polar surface area (TPSA) is 60.5 Å². The van der Waals surface area contributed by atoms with Crippen LogP contribution in [-0.4, -0.2) is 24.5 Å². The van der Waals surface area contributed by atoms with Crippen molar-refractivity contribution in [1.82, 2.24) is 10.3 Å². The predicted octanol–water partition coefficient (Wildman–Crippen LogP) is 5.65. The molecule has 1 N–H and O–H groups in total. The van der Waals surface area contributed by atoms with Gasteiger partial charge in [0.05, 0.1) is 7.11 Å². The summed E-state index contributed by atoms with van der Waals surface area (Å²) >= 11 is 1.37. The third-order valence-corrected chi connectivity index (χ3v) is 6.00. The van der Waals surface area contributed by atoms with Crippen LogP contribution >= 0.6 is 11.3 Å². The molecule has 0 bridgehead atoms. The fourth-order valence-corrected chi connectivity index (χ4v) is 4.01. The van der Waals surface area contributed by atoms with Crippen molar-refractivity contribution in [2.75, 3.05) is 13.7 Å². The Hall–Kier alpha value is -3.78. The highest BCUT2D eigenvalue weighted by Gasteiger charge is 2.12. The number of halogens is 2. The Morgan fingerprint density at radius 2 is 1.74 bits per heavy atom. The molecule has 0 aliphatic carbocycles. The zero-order valence-electron chi connectivity index (χ0n) is 18.4. The Labute approximate surface area is 200 Å². The summed E-state index contributed by atoms with van der Waals surface area (Å²) in [7, 11) is 1.62. The number of ether oxygens (including phenoxy) is 2. The lowest BCUT2D eigenvalue weighted by molar-refractivity contribution is 0.0950. The number of carbonyl (C=O) groups excluding carboxylic acids is 1. The second-order valence-corrected chi connectivity index (χ2v) is 8.30. The van der Waals surface area contributed by atoms with Crippen LogP contribution in [0.3, 0.4) is 0 Å². The van der Waals surface area contributed by atoms with Crippen molar-refractivity contribution in [3.63, 3.8) is 0 Å². The van der Waals surface area contributed by atoms with E-state index in [1.165, 1.54) is 23.5 Å². The minimum absolute atomic E-state index is 0.0104. The summed E-state index contributed by atoms with van der Waals surface area (Å²) < 4.78 is 37.5. The number of carbonyl (C=O) groups is 1. The van der Waals surface area contributed by atoms with Crippen LogP contribution < -0.4 is 14.8 Å². The van der Waals surface area contributed by atoms with Gasteiger partial charge < -0.3 is 14.8 Å². The van der Waals surface area contributed by atoms with Crippen LogP contribution in [0.1, 0.15) is 21.6 Å². The van der Waals surface area contributed by atoms with E-state index in [1.54, 1.807) is 24.6 Å². The highest BCUT2D eigenvalue weighted by molar-refractivity contribution is 7.13. The van der Waals surface area contributed by atoms with Crippen LogP contribution in [0.4, 0.5) is 8.78 Å². The largest absolute Gasteiger partial charge is 0.497 e. The van der Waals surface area contributed by atoms with Gasteiger partial charge >= 0.3 is 0 Å². The van der Waals surface area contributed by atoms with E-state index in [0.29, 0.717) is 29.4 Å². The summed E-state index contributed by atoms with van der Waals surface area (Å²) in [6, 6.07) is 18.2. The van der Waals surface area contributed by atoms with E-state index in [9.17, 15) is 13.6 Å². The second-order valence-electron chi connectivity index (χ2n) is 7.44. The minimum Gasteiger partial charge on any atom is -0.497 e. The summed E-state index contributed by atoms with van der Waals surface area (Å²) in [6.07, 6.45) is 0.704. The van der Waals surface area contributed by atoms with E-state index >= 15 is 0 Å². The molecule has 0 saturated heterocycles. The molecule has 0 saturated carbocycles. The van der Waals surface area contributed by atoms with Crippen molar-refractivity contribution in [2.24, 2.45) is 0 Å². The van der Waals surface area contributed by atoms with E-state index in [1.807, 2.05) is 36.4 Å². The number of rotatable bonds is 9. The van der Waals surface area contributed by atoms with E-state index in [4.69, 9.17) is 9.47 Å². The average Bonchev–Trinajstić information content (AvgIpc) is 3.35. The third-order valence-electron chi connectivity index (χ3n) is 5.11. The molecular formula is C26H22F2N2O3S. The maximum Gasteiger partial charge on any atom is 0.270 e. The van der Waals surface area contributed by atoms with Gasteiger partial charge in [0.25, 0.3) is 5.91 Å². The SMILES string of the molecule is COc1ccc(CCNC(=O)c2csc(-c3ccc(OCc4ccc(F)cc4F)cc3)n2)cc1. The van der Waals surface area contributed by atoms with Gasteiger partial charge in [-0.05, 0) is 60.5 Å². The normalized spacial score (nSPS) is 10.7. The number of nitrogens with zero attached hydrogens (tertiary/aromatic N) is 1. The molecule has 5 nitrogen and oxygen atoms in total. The van der Waals surface area contributed by atoms with Crippen molar-refractivity contribution >= 4 is 17.2 Å². The molecule has 3 aromatic carbocycles. The minimum atomic E-state index is -0.644. The van der Waals surface area contributed by atoms with Gasteiger partial charge in [-0.3, -0.25) is 4.79 Å². The maximum absolute atomic E-state index is 13.7. The number of aromatic nitrogens is 1. The van der Waals surface area contributed by atoms with E-state index in [-0.39, 0.29) is 18.1 Å². The summed E-state index contributed by atoms with van der Waals surface area (Å²) in [5.41, 5.74) is 2.57. The third kappa shape index (κ3) is 5.96. The maximum atomic E-state index is 13.7. The first kappa shape index (κ1) is 23.4. The van der Waals surface area contributed by atoms with Gasteiger partial charge in [-0.25, -0.2) is 13.8 Å². The molecular weight excluding hydrogens is 458 g/mol.